The lowest BCUT2D eigenvalue weighted by Gasteiger charge is -2.14. The van der Waals surface area contributed by atoms with E-state index in [0.717, 1.165) is 28.1 Å². The molecule has 1 aliphatic heterocycles. The summed E-state index contributed by atoms with van der Waals surface area (Å²) in [5.74, 6) is -0.594. The van der Waals surface area contributed by atoms with Gasteiger partial charge in [-0.1, -0.05) is 78.5 Å². The van der Waals surface area contributed by atoms with Gasteiger partial charge in [0.2, 0.25) is 11.8 Å². The van der Waals surface area contributed by atoms with Crippen LogP contribution in [-0.2, 0) is 16.1 Å². The number of anilines is 1. The van der Waals surface area contributed by atoms with E-state index in [0.29, 0.717) is 5.69 Å². The molecular formula is C22H18N2O3S. The van der Waals surface area contributed by atoms with E-state index in [1.165, 1.54) is 4.90 Å². The summed E-state index contributed by atoms with van der Waals surface area (Å²) in [6.45, 7) is 0.229. The third kappa shape index (κ3) is 3.77. The molecule has 5 nitrogen and oxygen atoms in total. The molecule has 1 N–H and O–H groups in total. The number of nitrogens with one attached hydrogen (secondary N) is 1. The molecule has 1 unspecified atom stereocenters. The highest BCUT2D eigenvalue weighted by Crippen LogP contribution is 2.31. The maximum atomic E-state index is 12.6. The van der Waals surface area contributed by atoms with Gasteiger partial charge in [-0.15, -0.1) is 0 Å². The largest absolute Gasteiger partial charge is 0.325 e. The van der Waals surface area contributed by atoms with Gasteiger partial charge in [-0.2, -0.15) is 0 Å². The van der Waals surface area contributed by atoms with Crippen molar-refractivity contribution in [3.05, 3.63) is 78.4 Å². The Morgan fingerprint density at radius 3 is 2.46 bits per heavy atom. The van der Waals surface area contributed by atoms with Crippen LogP contribution in [0.3, 0.4) is 0 Å². The van der Waals surface area contributed by atoms with Crippen molar-refractivity contribution in [3.8, 4) is 0 Å². The number of hydrogen-bond acceptors (Lipinski definition) is 4. The van der Waals surface area contributed by atoms with Crippen molar-refractivity contribution in [1.82, 2.24) is 4.90 Å². The summed E-state index contributed by atoms with van der Waals surface area (Å²) in [7, 11) is 0. The Labute approximate surface area is 166 Å². The average molecular weight is 390 g/mol. The number of fused-ring (bicyclic) bond motifs is 1. The van der Waals surface area contributed by atoms with E-state index in [1.807, 2.05) is 72.8 Å². The predicted molar refractivity (Wildman–Crippen MR) is 111 cm³/mol. The van der Waals surface area contributed by atoms with Gasteiger partial charge in [-0.3, -0.25) is 19.3 Å². The molecule has 0 spiro atoms. The minimum atomic E-state index is -0.689. The van der Waals surface area contributed by atoms with Crippen molar-refractivity contribution in [2.75, 3.05) is 5.32 Å². The van der Waals surface area contributed by atoms with Crippen molar-refractivity contribution in [3.63, 3.8) is 0 Å². The summed E-state index contributed by atoms with van der Waals surface area (Å²) in [5.41, 5.74) is 1.58. The molecule has 6 heteroatoms. The Morgan fingerprint density at radius 1 is 0.929 bits per heavy atom. The summed E-state index contributed by atoms with van der Waals surface area (Å²) in [6, 6.07) is 22.8. The molecule has 140 valence electrons. The topological polar surface area (TPSA) is 66.5 Å². The zero-order valence-corrected chi connectivity index (χ0v) is 15.8. The Hall–Kier alpha value is -3.12. The fourth-order valence-electron chi connectivity index (χ4n) is 3.24. The van der Waals surface area contributed by atoms with Crippen LogP contribution >= 0.6 is 11.8 Å². The Balaban J connectivity index is 1.43. The molecule has 1 atom stereocenters. The highest BCUT2D eigenvalue weighted by molar-refractivity contribution is 8.15. The summed E-state index contributed by atoms with van der Waals surface area (Å²) in [4.78, 5) is 38.6. The summed E-state index contributed by atoms with van der Waals surface area (Å²) in [5, 5.41) is 3.84. The van der Waals surface area contributed by atoms with Crippen molar-refractivity contribution in [1.29, 1.82) is 0 Å². The van der Waals surface area contributed by atoms with Gasteiger partial charge < -0.3 is 5.32 Å². The number of hydrogen-bond donors (Lipinski definition) is 1. The van der Waals surface area contributed by atoms with Crippen molar-refractivity contribution < 1.29 is 14.4 Å². The molecular weight excluding hydrogens is 372 g/mol. The maximum Gasteiger partial charge on any atom is 0.289 e. The van der Waals surface area contributed by atoms with E-state index in [9.17, 15) is 14.4 Å². The van der Waals surface area contributed by atoms with Crippen molar-refractivity contribution in [2.45, 2.75) is 18.2 Å². The zero-order valence-electron chi connectivity index (χ0n) is 15.0. The molecule has 1 saturated heterocycles. The normalized spacial score (nSPS) is 16.6. The molecule has 3 amide bonds. The molecule has 3 aromatic rings. The monoisotopic (exact) mass is 390 g/mol. The number of benzene rings is 3. The van der Waals surface area contributed by atoms with Gasteiger partial charge in [0.25, 0.3) is 5.24 Å². The quantitative estimate of drug-likeness (QED) is 0.700. The van der Waals surface area contributed by atoms with Crippen LogP contribution in [-0.4, -0.2) is 27.2 Å². The van der Waals surface area contributed by atoms with E-state index in [1.54, 1.807) is 0 Å². The summed E-state index contributed by atoms with van der Waals surface area (Å²) >= 11 is 0.920. The first-order valence-corrected chi connectivity index (χ1v) is 9.83. The van der Waals surface area contributed by atoms with Gasteiger partial charge in [0.05, 0.1) is 6.54 Å². The van der Waals surface area contributed by atoms with Crippen LogP contribution in [0.2, 0.25) is 0 Å². The Bertz CT molecular complexity index is 1050. The molecule has 1 aliphatic rings. The molecule has 28 heavy (non-hydrogen) atoms. The van der Waals surface area contributed by atoms with E-state index in [-0.39, 0.29) is 30.0 Å². The van der Waals surface area contributed by atoms with Gasteiger partial charge in [0.1, 0.15) is 5.25 Å². The van der Waals surface area contributed by atoms with Gasteiger partial charge >= 0.3 is 0 Å². The molecule has 0 aliphatic carbocycles. The van der Waals surface area contributed by atoms with E-state index in [4.69, 9.17) is 0 Å². The minimum absolute atomic E-state index is 0.0379. The Kier molecular flexibility index (Phi) is 5.12. The Morgan fingerprint density at radius 2 is 1.64 bits per heavy atom. The predicted octanol–water partition coefficient (Wildman–Crippen LogP) is 4.43. The second-order valence-corrected chi connectivity index (χ2v) is 7.72. The second kappa shape index (κ2) is 7.86. The van der Waals surface area contributed by atoms with Crippen LogP contribution in [0, 0.1) is 0 Å². The molecule has 0 aromatic heterocycles. The number of imide groups is 1. The number of carbonyl (C=O) groups excluding carboxylic acids is 3. The lowest BCUT2D eigenvalue weighted by Crippen LogP contribution is -2.32. The van der Waals surface area contributed by atoms with Crippen LogP contribution < -0.4 is 5.32 Å². The van der Waals surface area contributed by atoms with Gasteiger partial charge in [0, 0.05) is 17.5 Å². The van der Waals surface area contributed by atoms with Gasteiger partial charge in [-0.25, -0.2) is 0 Å². The molecule has 1 fully saturated rings. The highest BCUT2D eigenvalue weighted by Gasteiger charge is 2.40. The first kappa shape index (κ1) is 18.3. The van der Waals surface area contributed by atoms with Gasteiger partial charge in [0.15, 0.2) is 0 Å². The molecule has 0 radical (unpaired) electrons. The standard InChI is InChI=1S/C22H18N2O3S/c25-20(23-18-12-6-10-16-9-4-5-11-17(16)18)13-19-21(26)24(22(27)28-19)14-15-7-2-1-3-8-15/h1-12,19H,13-14H2,(H,23,25). The first-order chi connectivity index (χ1) is 13.6. The SMILES string of the molecule is O=C(CC1SC(=O)N(Cc2ccccc2)C1=O)Nc1cccc2ccccc12. The van der Waals surface area contributed by atoms with Crippen LogP contribution in [0.15, 0.2) is 72.8 Å². The van der Waals surface area contributed by atoms with Gasteiger partial charge in [-0.05, 0) is 17.0 Å². The van der Waals surface area contributed by atoms with E-state index in [2.05, 4.69) is 5.32 Å². The van der Waals surface area contributed by atoms with E-state index < -0.39 is 5.25 Å². The lowest BCUT2D eigenvalue weighted by molar-refractivity contribution is -0.129. The molecule has 1 heterocycles. The molecule has 4 rings (SSSR count). The molecule has 0 bridgehead atoms. The number of rotatable bonds is 5. The molecule has 3 aromatic carbocycles. The van der Waals surface area contributed by atoms with Crippen molar-refractivity contribution >= 4 is 45.3 Å². The number of amides is 3. The highest BCUT2D eigenvalue weighted by atomic mass is 32.2. The van der Waals surface area contributed by atoms with Crippen LogP contribution in [0.5, 0.6) is 0 Å². The third-order valence-corrected chi connectivity index (χ3v) is 5.70. The molecule has 0 saturated carbocycles. The smallest absolute Gasteiger partial charge is 0.289 e. The first-order valence-electron chi connectivity index (χ1n) is 8.95. The zero-order chi connectivity index (χ0) is 19.5. The number of thioether (sulfide) groups is 1. The number of carbonyl (C=O) groups is 3. The third-order valence-electron chi connectivity index (χ3n) is 4.62. The summed E-state index contributed by atoms with van der Waals surface area (Å²) < 4.78 is 0. The van der Waals surface area contributed by atoms with Crippen LogP contribution in [0.4, 0.5) is 10.5 Å². The number of nitrogens with zero attached hydrogens (tertiary/aromatic N) is 1. The second-order valence-electron chi connectivity index (χ2n) is 6.56. The average Bonchev–Trinajstić information content (AvgIpc) is 2.96. The fourth-order valence-corrected chi connectivity index (χ4v) is 4.23. The maximum absolute atomic E-state index is 12.6. The lowest BCUT2D eigenvalue weighted by atomic mass is 10.1. The summed E-state index contributed by atoms with van der Waals surface area (Å²) in [6.07, 6.45) is -0.0379. The minimum Gasteiger partial charge on any atom is -0.325 e. The van der Waals surface area contributed by atoms with E-state index >= 15 is 0 Å². The van der Waals surface area contributed by atoms with Crippen LogP contribution in [0.25, 0.3) is 10.8 Å². The van der Waals surface area contributed by atoms with Crippen molar-refractivity contribution in [2.24, 2.45) is 0 Å². The fraction of sp³-hybridized carbons (Fsp3) is 0.136. The van der Waals surface area contributed by atoms with Crippen LogP contribution in [0.1, 0.15) is 12.0 Å².